The summed E-state index contributed by atoms with van der Waals surface area (Å²) in [4.78, 5) is 39.8. The van der Waals surface area contributed by atoms with Gasteiger partial charge < -0.3 is 19.3 Å². The van der Waals surface area contributed by atoms with E-state index in [0.717, 1.165) is 5.56 Å². The van der Waals surface area contributed by atoms with Gasteiger partial charge in [0.2, 0.25) is 5.91 Å². The number of hydrogen-bond donors (Lipinski definition) is 0. The molecule has 0 aliphatic heterocycles. The number of benzene rings is 1. The highest BCUT2D eigenvalue weighted by Gasteiger charge is 2.32. The largest absolute Gasteiger partial charge is 0.459 e. The van der Waals surface area contributed by atoms with Crippen LogP contribution >= 0.6 is 0 Å². The first kappa shape index (κ1) is 23.5. The summed E-state index contributed by atoms with van der Waals surface area (Å²) in [5, 5.41) is 0. The van der Waals surface area contributed by atoms with Crippen LogP contribution in [0, 0.1) is 5.92 Å². The van der Waals surface area contributed by atoms with Crippen LogP contribution in [0.25, 0.3) is 0 Å². The Morgan fingerprint density at radius 2 is 1.61 bits per heavy atom. The molecule has 0 N–H and O–H groups in total. The van der Waals surface area contributed by atoms with Crippen LogP contribution in [0.4, 0.5) is 4.79 Å². The van der Waals surface area contributed by atoms with Crippen LogP contribution in [0.3, 0.4) is 0 Å². The van der Waals surface area contributed by atoms with Gasteiger partial charge in [-0.05, 0) is 32.3 Å². The smallest absolute Gasteiger partial charge is 0.410 e. The average molecular weight is 392 g/mol. The van der Waals surface area contributed by atoms with Gasteiger partial charge in [0, 0.05) is 14.1 Å². The second-order valence-corrected chi connectivity index (χ2v) is 8.12. The van der Waals surface area contributed by atoms with Gasteiger partial charge in [0.25, 0.3) is 0 Å². The Morgan fingerprint density at radius 1 is 1.04 bits per heavy atom. The minimum atomic E-state index is -0.747. The van der Waals surface area contributed by atoms with E-state index in [-0.39, 0.29) is 25.0 Å². The second kappa shape index (κ2) is 10.1. The Hall–Kier alpha value is -2.57. The molecule has 0 saturated heterocycles. The Labute approximate surface area is 167 Å². The summed E-state index contributed by atoms with van der Waals surface area (Å²) in [6.07, 6.45) is -0.595. The minimum absolute atomic E-state index is 0.142. The molecule has 0 radical (unpaired) electrons. The van der Waals surface area contributed by atoms with Crippen molar-refractivity contribution < 1.29 is 23.9 Å². The number of esters is 1. The van der Waals surface area contributed by atoms with Gasteiger partial charge in [-0.15, -0.1) is 0 Å². The third kappa shape index (κ3) is 7.58. The molecule has 0 aliphatic carbocycles. The van der Waals surface area contributed by atoms with Crippen LogP contribution in [-0.4, -0.2) is 60.1 Å². The molecule has 7 nitrogen and oxygen atoms in total. The molecule has 7 heteroatoms. The molecular formula is C21H32N2O5. The molecule has 0 heterocycles. The molecule has 1 atom stereocenters. The quantitative estimate of drug-likeness (QED) is 0.667. The van der Waals surface area contributed by atoms with Gasteiger partial charge in [0.15, 0.2) is 0 Å². The zero-order valence-electron chi connectivity index (χ0n) is 17.9. The van der Waals surface area contributed by atoms with Crippen molar-refractivity contribution in [1.29, 1.82) is 0 Å². The summed E-state index contributed by atoms with van der Waals surface area (Å²) in [5.41, 5.74) is 0.221. The van der Waals surface area contributed by atoms with Crippen LogP contribution in [0.15, 0.2) is 30.3 Å². The molecule has 156 valence electrons. The van der Waals surface area contributed by atoms with Crippen LogP contribution < -0.4 is 0 Å². The first-order valence-corrected chi connectivity index (χ1v) is 9.32. The zero-order chi connectivity index (χ0) is 21.5. The topological polar surface area (TPSA) is 76.2 Å². The molecule has 1 rings (SSSR count). The van der Waals surface area contributed by atoms with Gasteiger partial charge in [-0.1, -0.05) is 44.2 Å². The SMILES string of the molecule is CC(C)C(C(=O)OCc1ccccc1)N(C)C(=O)CN(C)C(=O)OC(C)(C)C. The number of ether oxygens (including phenoxy) is 2. The molecular weight excluding hydrogens is 360 g/mol. The molecule has 1 aromatic carbocycles. The number of nitrogens with zero attached hydrogens (tertiary/aromatic N) is 2. The van der Waals surface area contributed by atoms with Crippen molar-refractivity contribution >= 4 is 18.0 Å². The molecule has 0 saturated carbocycles. The number of likely N-dealkylation sites (N-methyl/N-ethyl adjacent to an activating group) is 2. The molecule has 28 heavy (non-hydrogen) atoms. The number of carbonyl (C=O) groups is 3. The van der Waals surface area contributed by atoms with Gasteiger partial charge in [0.1, 0.15) is 24.8 Å². The molecule has 1 aromatic rings. The second-order valence-electron chi connectivity index (χ2n) is 8.12. The standard InChI is InChI=1S/C21H32N2O5/c1-15(2)18(19(25)27-14-16-11-9-8-10-12-16)23(7)17(24)13-22(6)20(26)28-21(3,4)5/h8-12,15,18H,13-14H2,1-7H3. The fourth-order valence-electron chi connectivity index (χ4n) is 2.57. The summed E-state index contributed by atoms with van der Waals surface area (Å²) in [7, 11) is 3.03. The normalized spacial score (nSPS) is 12.3. The highest BCUT2D eigenvalue weighted by atomic mass is 16.6. The maximum Gasteiger partial charge on any atom is 0.410 e. The van der Waals surface area contributed by atoms with Gasteiger partial charge in [-0.2, -0.15) is 0 Å². The molecule has 1 unspecified atom stereocenters. The highest BCUT2D eigenvalue weighted by Crippen LogP contribution is 2.14. The zero-order valence-corrected chi connectivity index (χ0v) is 17.9. The molecule has 0 spiro atoms. The maximum absolute atomic E-state index is 12.6. The predicted molar refractivity (Wildman–Crippen MR) is 106 cm³/mol. The Morgan fingerprint density at radius 3 is 2.11 bits per heavy atom. The third-order valence-electron chi connectivity index (χ3n) is 3.99. The Bertz CT molecular complexity index is 667. The van der Waals surface area contributed by atoms with E-state index in [0.29, 0.717) is 0 Å². The van der Waals surface area contributed by atoms with Crippen molar-refractivity contribution in [2.45, 2.75) is 52.9 Å². The first-order chi connectivity index (χ1) is 12.9. The summed E-state index contributed by atoms with van der Waals surface area (Å²) in [6.45, 7) is 8.90. The van der Waals surface area contributed by atoms with Crippen LogP contribution in [-0.2, 0) is 25.7 Å². The molecule has 0 aliphatic rings. The monoisotopic (exact) mass is 392 g/mol. The van der Waals surface area contributed by atoms with Crippen LogP contribution in [0.2, 0.25) is 0 Å². The van der Waals surface area contributed by atoms with E-state index in [2.05, 4.69) is 0 Å². The van der Waals surface area contributed by atoms with E-state index in [9.17, 15) is 14.4 Å². The average Bonchev–Trinajstić information content (AvgIpc) is 2.59. The Balaban J connectivity index is 2.71. The summed E-state index contributed by atoms with van der Waals surface area (Å²) in [5.74, 6) is -0.998. The van der Waals surface area contributed by atoms with Crippen molar-refractivity contribution in [1.82, 2.24) is 9.80 Å². The molecule has 0 aromatic heterocycles. The molecule has 0 bridgehead atoms. The van der Waals surface area contributed by atoms with E-state index >= 15 is 0 Å². The van der Waals surface area contributed by atoms with Crippen molar-refractivity contribution in [3.63, 3.8) is 0 Å². The highest BCUT2D eigenvalue weighted by molar-refractivity contribution is 5.87. The van der Waals surface area contributed by atoms with E-state index in [1.807, 2.05) is 44.2 Å². The summed E-state index contributed by atoms with van der Waals surface area (Å²) < 4.78 is 10.7. The third-order valence-corrected chi connectivity index (χ3v) is 3.99. The van der Waals surface area contributed by atoms with Crippen LogP contribution in [0.5, 0.6) is 0 Å². The number of amides is 2. The lowest BCUT2D eigenvalue weighted by Crippen LogP contribution is -2.50. The number of rotatable bonds is 7. The van der Waals surface area contributed by atoms with Crippen molar-refractivity contribution in [3.8, 4) is 0 Å². The lowest BCUT2D eigenvalue weighted by molar-refractivity contribution is -0.157. The van der Waals surface area contributed by atoms with Gasteiger partial charge >= 0.3 is 12.1 Å². The maximum atomic E-state index is 12.6. The van der Waals surface area contributed by atoms with Crippen LogP contribution in [0.1, 0.15) is 40.2 Å². The minimum Gasteiger partial charge on any atom is -0.459 e. The molecule has 0 fully saturated rings. The number of hydrogen-bond acceptors (Lipinski definition) is 5. The predicted octanol–water partition coefficient (Wildman–Crippen LogP) is 3.08. The van der Waals surface area contributed by atoms with Crippen molar-refractivity contribution in [3.05, 3.63) is 35.9 Å². The fraction of sp³-hybridized carbons (Fsp3) is 0.571. The summed E-state index contributed by atoms with van der Waals surface area (Å²) in [6, 6.07) is 8.60. The van der Waals surface area contributed by atoms with Crippen molar-refractivity contribution in [2.24, 2.45) is 5.92 Å². The Kier molecular flexibility index (Phi) is 8.47. The van der Waals surface area contributed by atoms with E-state index in [4.69, 9.17) is 9.47 Å². The number of carbonyl (C=O) groups excluding carboxylic acids is 3. The van der Waals surface area contributed by atoms with Gasteiger partial charge in [0.05, 0.1) is 0 Å². The summed E-state index contributed by atoms with van der Waals surface area (Å²) >= 11 is 0. The lowest BCUT2D eigenvalue weighted by atomic mass is 10.0. The van der Waals surface area contributed by atoms with E-state index in [1.165, 1.54) is 16.8 Å². The fourth-order valence-corrected chi connectivity index (χ4v) is 2.57. The lowest BCUT2D eigenvalue weighted by Gasteiger charge is -2.31. The van der Waals surface area contributed by atoms with E-state index < -0.39 is 23.7 Å². The van der Waals surface area contributed by atoms with Gasteiger partial charge in [-0.3, -0.25) is 4.79 Å². The molecule has 2 amide bonds. The van der Waals surface area contributed by atoms with Gasteiger partial charge in [-0.25, -0.2) is 9.59 Å². The van der Waals surface area contributed by atoms with Crippen molar-refractivity contribution in [2.75, 3.05) is 20.6 Å². The van der Waals surface area contributed by atoms with E-state index in [1.54, 1.807) is 27.8 Å². The first-order valence-electron chi connectivity index (χ1n) is 9.32.